The highest BCUT2D eigenvalue weighted by Crippen LogP contribution is 2.31. The Labute approximate surface area is 110 Å². The molecule has 1 aromatic rings. The number of nitrogens with one attached hydrogen (secondary N) is 1. The van der Waals surface area contributed by atoms with Gasteiger partial charge in [0.1, 0.15) is 0 Å². The first-order valence-corrected chi connectivity index (χ1v) is 7.15. The Balaban J connectivity index is 1.74. The molecule has 1 nitrogen and oxygen atoms in total. The third-order valence-electron chi connectivity index (χ3n) is 3.87. The van der Waals surface area contributed by atoms with E-state index in [2.05, 4.69) is 36.5 Å². The Morgan fingerprint density at radius 1 is 1.18 bits per heavy atom. The summed E-state index contributed by atoms with van der Waals surface area (Å²) in [4.78, 5) is 0. The molecule has 94 valence electrons. The first kappa shape index (κ1) is 12.9. The van der Waals surface area contributed by atoms with Crippen LogP contribution >= 0.6 is 11.6 Å². The van der Waals surface area contributed by atoms with Crippen molar-refractivity contribution in [2.45, 2.75) is 32.7 Å². The van der Waals surface area contributed by atoms with Crippen LogP contribution in [0.1, 0.15) is 30.4 Å². The number of hydrogen-bond acceptors (Lipinski definition) is 1. The van der Waals surface area contributed by atoms with Gasteiger partial charge in [0.25, 0.3) is 0 Å². The molecule has 1 fully saturated rings. The van der Waals surface area contributed by atoms with Crippen molar-refractivity contribution in [3.63, 3.8) is 0 Å². The van der Waals surface area contributed by atoms with Gasteiger partial charge in [-0.1, -0.05) is 36.2 Å². The highest BCUT2D eigenvalue weighted by molar-refractivity contribution is 6.18. The lowest BCUT2D eigenvalue weighted by atomic mass is 9.98. The minimum Gasteiger partial charge on any atom is -0.312 e. The van der Waals surface area contributed by atoms with Crippen LogP contribution in [0.2, 0.25) is 0 Å². The van der Waals surface area contributed by atoms with Crippen molar-refractivity contribution in [1.29, 1.82) is 0 Å². The quantitative estimate of drug-likeness (QED) is 0.787. The summed E-state index contributed by atoms with van der Waals surface area (Å²) in [5.74, 6) is 2.36. The van der Waals surface area contributed by atoms with Gasteiger partial charge in [0, 0.05) is 12.4 Å². The second-order valence-corrected chi connectivity index (χ2v) is 5.53. The van der Waals surface area contributed by atoms with E-state index < -0.39 is 0 Å². The van der Waals surface area contributed by atoms with Crippen LogP contribution in [0.3, 0.4) is 0 Å². The Hall–Kier alpha value is -0.530. The van der Waals surface area contributed by atoms with Gasteiger partial charge in [-0.2, -0.15) is 0 Å². The summed E-state index contributed by atoms with van der Waals surface area (Å²) in [7, 11) is 0. The number of rotatable bonds is 5. The molecule has 2 rings (SSSR count). The zero-order chi connectivity index (χ0) is 12.1. The zero-order valence-electron chi connectivity index (χ0n) is 10.6. The monoisotopic (exact) mass is 251 g/mol. The normalized spacial score (nSPS) is 24.1. The van der Waals surface area contributed by atoms with Crippen LogP contribution in [-0.2, 0) is 6.54 Å². The Morgan fingerprint density at radius 2 is 1.88 bits per heavy atom. The van der Waals surface area contributed by atoms with E-state index in [-0.39, 0.29) is 0 Å². The average Bonchev–Trinajstić information content (AvgIpc) is 2.79. The van der Waals surface area contributed by atoms with Gasteiger partial charge < -0.3 is 5.32 Å². The standard InChI is InChI=1S/C15H22ClN/c1-12-5-7-13(8-6-12)10-17-11-15-4-2-3-14(15)9-16/h5-8,14-15,17H,2-4,9-11H2,1H3. The van der Waals surface area contributed by atoms with E-state index in [0.29, 0.717) is 0 Å². The van der Waals surface area contributed by atoms with E-state index in [4.69, 9.17) is 11.6 Å². The maximum Gasteiger partial charge on any atom is 0.0254 e. The Bertz CT molecular complexity index is 333. The zero-order valence-corrected chi connectivity index (χ0v) is 11.3. The van der Waals surface area contributed by atoms with Gasteiger partial charge in [0.2, 0.25) is 0 Å². The van der Waals surface area contributed by atoms with E-state index in [0.717, 1.165) is 30.8 Å². The predicted molar refractivity (Wildman–Crippen MR) is 74.4 cm³/mol. The van der Waals surface area contributed by atoms with Crippen LogP contribution in [-0.4, -0.2) is 12.4 Å². The average molecular weight is 252 g/mol. The molecule has 2 atom stereocenters. The SMILES string of the molecule is Cc1ccc(CNCC2CCCC2CCl)cc1. The van der Waals surface area contributed by atoms with E-state index in [1.54, 1.807) is 0 Å². The molecule has 0 radical (unpaired) electrons. The summed E-state index contributed by atoms with van der Waals surface area (Å²) in [5.41, 5.74) is 2.70. The molecular weight excluding hydrogens is 230 g/mol. The van der Waals surface area contributed by atoms with Crippen LogP contribution in [0, 0.1) is 18.8 Å². The van der Waals surface area contributed by atoms with E-state index >= 15 is 0 Å². The van der Waals surface area contributed by atoms with Gasteiger partial charge in [-0.05, 0) is 43.7 Å². The van der Waals surface area contributed by atoms with Gasteiger partial charge >= 0.3 is 0 Å². The van der Waals surface area contributed by atoms with Crippen LogP contribution in [0.25, 0.3) is 0 Å². The van der Waals surface area contributed by atoms with Gasteiger partial charge in [-0.3, -0.25) is 0 Å². The van der Waals surface area contributed by atoms with Crippen molar-refractivity contribution in [3.05, 3.63) is 35.4 Å². The lowest BCUT2D eigenvalue weighted by molar-refractivity contribution is 0.395. The first-order valence-electron chi connectivity index (χ1n) is 6.62. The maximum atomic E-state index is 5.99. The largest absolute Gasteiger partial charge is 0.312 e. The second kappa shape index (κ2) is 6.42. The van der Waals surface area contributed by atoms with Crippen molar-refractivity contribution in [2.75, 3.05) is 12.4 Å². The molecule has 2 unspecified atom stereocenters. The van der Waals surface area contributed by atoms with Crippen molar-refractivity contribution in [2.24, 2.45) is 11.8 Å². The van der Waals surface area contributed by atoms with Gasteiger partial charge in [0.05, 0.1) is 0 Å². The molecule has 1 aliphatic rings. The smallest absolute Gasteiger partial charge is 0.0254 e. The summed E-state index contributed by atoms with van der Waals surface area (Å²) in [6.07, 6.45) is 4.02. The molecule has 0 heterocycles. The first-order chi connectivity index (χ1) is 8.29. The predicted octanol–water partition coefficient (Wildman–Crippen LogP) is 3.74. The Morgan fingerprint density at radius 3 is 2.59 bits per heavy atom. The molecule has 1 saturated carbocycles. The summed E-state index contributed by atoms with van der Waals surface area (Å²) < 4.78 is 0. The fourth-order valence-electron chi connectivity index (χ4n) is 2.69. The van der Waals surface area contributed by atoms with Crippen molar-refractivity contribution in [3.8, 4) is 0 Å². The van der Waals surface area contributed by atoms with Crippen molar-refractivity contribution >= 4 is 11.6 Å². The molecular formula is C15H22ClN. The van der Waals surface area contributed by atoms with Crippen molar-refractivity contribution in [1.82, 2.24) is 5.32 Å². The van der Waals surface area contributed by atoms with Gasteiger partial charge in [0.15, 0.2) is 0 Å². The summed E-state index contributed by atoms with van der Waals surface area (Å²) >= 11 is 5.99. The minimum absolute atomic E-state index is 0.738. The molecule has 17 heavy (non-hydrogen) atoms. The number of halogens is 1. The van der Waals surface area contributed by atoms with Crippen LogP contribution < -0.4 is 5.32 Å². The summed E-state index contributed by atoms with van der Waals surface area (Å²) in [6.45, 7) is 4.22. The topological polar surface area (TPSA) is 12.0 Å². The molecule has 0 spiro atoms. The molecule has 1 aromatic carbocycles. The van der Waals surface area contributed by atoms with Crippen LogP contribution in [0.5, 0.6) is 0 Å². The fourth-order valence-corrected chi connectivity index (χ4v) is 3.10. The summed E-state index contributed by atoms with van der Waals surface area (Å²) in [5, 5.41) is 3.57. The molecule has 1 aliphatic carbocycles. The molecule has 0 aromatic heterocycles. The highest BCUT2D eigenvalue weighted by Gasteiger charge is 2.25. The van der Waals surface area contributed by atoms with E-state index in [1.165, 1.54) is 30.4 Å². The molecule has 0 saturated heterocycles. The molecule has 2 heteroatoms. The molecule has 0 bridgehead atoms. The van der Waals surface area contributed by atoms with E-state index in [9.17, 15) is 0 Å². The number of alkyl halides is 1. The minimum atomic E-state index is 0.738. The maximum absolute atomic E-state index is 5.99. The highest BCUT2D eigenvalue weighted by atomic mass is 35.5. The van der Waals surface area contributed by atoms with Gasteiger partial charge in [-0.25, -0.2) is 0 Å². The fraction of sp³-hybridized carbons (Fsp3) is 0.600. The molecule has 1 N–H and O–H groups in total. The number of hydrogen-bond donors (Lipinski definition) is 1. The number of aryl methyl sites for hydroxylation is 1. The lowest BCUT2D eigenvalue weighted by Gasteiger charge is -2.17. The molecule has 0 aliphatic heterocycles. The lowest BCUT2D eigenvalue weighted by Crippen LogP contribution is -2.25. The van der Waals surface area contributed by atoms with Crippen LogP contribution in [0.15, 0.2) is 24.3 Å². The molecule has 0 amide bonds. The summed E-state index contributed by atoms with van der Waals surface area (Å²) in [6, 6.07) is 8.76. The van der Waals surface area contributed by atoms with Crippen molar-refractivity contribution < 1.29 is 0 Å². The van der Waals surface area contributed by atoms with Gasteiger partial charge in [-0.15, -0.1) is 11.6 Å². The van der Waals surface area contributed by atoms with E-state index in [1.807, 2.05) is 0 Å². The Kier molecular flexibility index (Phi) is 4.87. The number of benzene rings is 1. The second-order valence-electron chi connectivity index (χ2n) is 5.22. The van der Waals surface area contributed by atoms with Crippen LogP contribution in [0.4, 0.5) is 0 Å². The third-order valence-corrected chi connectivity index (χ3v) is 4.27. The third kappa shape index (κ3) is 3.72.